The summed E-state index contributed by atoms with van der Waals surface area (Å²) in [5.74, 6) is 0.259. The van der Waals surface area contributed by atoms with E-state index in [1.807, 2.05) is 53.4 Å². The Morgan fingerprint density at radius 2 is 1.87 bits per heavy atom. The van der Waals surface area contributed by atoms with Crippen LogP contribution in [0.4, 0.5) is 5.69 Å². The summed E-state index contributed by atoms with van der Waals surface area (Å²) in [5.41, 5.74) is 8.02. The van der Waals surface area contributed by atoms with Gasteiger partial charge in [0.2, 0.25) is 0 Å². The molecule has 4 rings (SSSR count). The first-order chi connectivity index (χ1) is 14.9. The number of benzene rings is 2. The zero-order chi connectivity index (χ0) is 22.0. The molecule has 1 aliphatic heterocycles. The van der Waals surface area contributed by atoms with E-state index in [-0.39, 0.29) is 11.4 Å². The molecule has 0 saturated heterocycles. The fourth-order valence-corrected chi connectivity index (χ4v) is 4.71. The van der Waals surface area contributed by atoms with Crippen LogP contribution in [-0.2, 0) is 0 Å². The molecule has 1 aliphatic rings. The van der Waals surface area contributed by atoms with Crippen molar-refractivity contribution in [2.24, 2.45) is 5.10 Å². The summed E-state index contributed by atoms with van der Waals surface area (Å²) < 4.78 is 2.00. The number of hydrazone groups is 1. The summed E-state index contributed by atoms with van der Waals surface area (Å²) in [4.78, 5) is 14.9. The first-order valence-electron chi connectivity index (χ1n) is 10.9. The number of rotatable bonds is 5. The van der Waals surface area contributed by atoms with Gasteiger partial charge in [-0.05, 0) is 92.8 Å². The average Bonchev–Trinajstić information content (AvgIpc) is 3.29. The number of amides is 1. The van der Waals surface area contributed by atoms with E-state index in [4.69, 9.17) is 0 Å². The monoisotopic (exact) mass is 414 g/mol. The van der Waals surface area contributed by atoms with Gasteiger partial charge in [-0.1, -0.05) is 13.0 Å². The van der Waals surface area contributed by atoms with Gasteiger partial charge in [0.25, 0.3) is 5.91 Å². The summed E-state index contributed by atoms with van der Waals surface area (Å²) in [5, 5.41) is 4.19. The number of carbonyl (C=O) groups excluding carboxylic acids is 1. The SMILES string of the molecule is CCN1c2ccc(/C=N/NC(=O)c3ccc(-n4cccc4)cc3)cc2C(C)CC1(C)C. The van der Waals surface area contributed by atoms with Crippen LogP contribution in [-0.4, -0.2) is 28.8 Å². The van der Waals surface area contributed by atoms with Crippen LogP contribution in [0.5, 0.6) is 0 Å². The third kappa shape index (κ3) is 4.26. The molecule has 0 spiro atoms. The van der Waals surface area contributed by atoms with Crippen LogP contribution >= 0.6 is 0 Å². The van der Waals surface area contributed by atoms with Gasteiger partial charge in [0.05, 0.1) is 6.21 Å². The summed E-state index contributed by atoms with van der Waals surface area (Å²) in [7, 11) is 0. The molecule has 160 valence electrons. The van der Waals surface area contributed by atoms with Crippen LogP contribution in [0.3, 0.4) is 0 Å². The van der Waals surface area contributed by atoms with Gasteiger partial charge in [0.1, 0.15) is 0 Å². The maximum atomic E-state index is 12.4. The minimum absolute atomic E-state index is 0.154. The van der Waals surface area contributed by atoms with E-state index in [1.165, 1.54) is 11.3 Å². The van der Waals surface area contributed by atoms with Gasteiger partial charge in [-0.3, -0.25) is 4.79 Å². The first-order valence-corrected chi connectivity index (χ1v) is 10.9. The molecule has 5 nitrogen and oxygen atoms in total. The number of aromatic nitrogens is 1. The zero-order valence-electron chi connectivity index (χ0n) is 18.7. The largest absolute Gasteiger partial charge is 0.366 e. The topological polar surface area (TPSA) is 49.6 Å². The summed E-state index contributed by atoms with van der Waals surface area (Å²) in [6.45, 7) is 10.1. The van der Waals surface area contributed by atoms with E-state index in [0.29, 0.717) is 11.5 Å². The number of hydrogen-bond acceptors (Lipinski definition) is 3. The number of nitrogens with one attached hydrogen (secondary N) is 1. The molecule has 0 radical (unpaired) electrons. The lowest BCUT2D eigenvalue weighted by molar-refractivity contribution is 0.0955. The second-order valence-electron chi connectivity index (χ2n) is 8.82. The standard InChI is InChI=1S/C26H30N4O/c1-5-30-24-13-8-20(16-23(24)19(2)17-26(30,3)4)18-27-28-25(31)21-9-11-22(12-10-21)29-14-6-7-15-29/h6-16,18-19H,5,17H2,1-4H3,(H,28,31)/b27-18+. The molecule has 0 aliphatic carbocycles. The molecule has 3 aromatic rings. The van der Waals surface area contributed by atoms with Gasteiger partial charge in [0.15, 0.2) is 0 Å². The van der Waals surface area contributed by atoms with Crippen LogP contribution in [0, 0.1) is 0 Å². The maximum Gasteiger partial charge on any atom is 0.271 e. The van der Waals surface area contributed by atoms with E-state index in [9.17, 15) is 4.79 Å². The lowest BCUT2D eigenvalue weighted by Crippen LogP contribution is -2.48. The van der Waals surface area contributed by atoms with Crippen molar-refractivity contribution in [3.05, 3.63) is 83.7 Å². The van der Waals surface area contributed by atoms with Gasteiger partial charge < -0.3 is 9.47 Å². The molecule has 1 unspecified atom stereocenters. The highest BCUT2D eigenvalue weighted by Crippen LogP contribution is 2.43. The van der Waals surface area contributed by atoms with E-state index < -0.39 is 0 Å². The molecule has 2 aromatic carbocycles. The van der Waals surface area contributed by atoms with E-state index in [1.54, 1.807) is 6.21 Å². The average molecular weight is 415 g/mol. The number of anilines is 1. The molecular formula is C26H30N4O. The van der Waals surface area contributed by atoms with Crippen LogP contribution in [0.1, 0.15) is 61.5 Å². The minimum Gasteiger partial charge on any atom is -0.366 e. The normalized spacial score (nSPS) is 17.5. The minimum atomic E-state index is -0.222. The van der Waals surface area contributed by atoms with Crippen molar-refractivity contribution in [1.82, 2.24) is 9.99 Å². The van der Waals surface area contributed by atoms with Crippen molar-refractivity contribution in [3.63, 3.8) is 0 Å². The molecule has 0 saturated carbocycles. The fourth-order valence-electron chi connectivity index (χ4n) is 4.71. The maximum absolute atomic E-state index is 12.4. The summed E-state index contributed by atoms with van der Waals surface area (Å²) in [6, 6.07) is 17.8. The quantitative estimate of drug-likeness (QED) is 0.452. The molecule has 1 aromatic heterocycles. The predicted molar refractivity (Wildman–Crippen MR) is 127 cm³/mol. The Kier molecular flexibility index (Phi) is 5.68. The van der Waals surface area contributed by atoms with Crippen molar-refractivity contribution in [2.45, 2.75) is 45.6 Å². The van der Waals surface area contributed by atoms with Gasteiger partial charge in [-0.15, -0.1) is 0 Å². The number of fused-ring (bicyclic) bond motifs is 1. The van der Waals surface area contributed by atoms with Crippen LogP contribution in [0.15, 0.2) is 72.1 Å². The zero-order valence-corrected chi connectivity index (χ0v) is 18.7. The van der Waals surface area contributed by atoms with Crippen molar-refractivity contribution < 1.29 is 4.79 Å². The molecule has 1 amide bonds. The molecule has 1 atom stereocenters. The van der Waals surface area contributed by atoms with E-state index in [2.05, 4.69) is 61.3 Å². The highest BCUT2D eigenvalue weighted by atomic mass is 16.2. The molecule has 0 bridgehead atoms. The van der Waals surface area contributed by atoms with Crippen LogP contribution < -0.4 is 10.3 Å². The Morgan fingerprint density at radius 3 is 2.55 bits per heavy atom. The van der Waals surface area contributed by atoms with Gasteiger partial charge in [-0.2, -0.15) is 5.10 Å². The number of nitrogens with zero attached hydrogens (tertiary/aromatic N) is 3. The van der Waals surface area contributed by atoms with Crippen molar-refractivity contribution in [2.75, 3.05) is 11.4 Å². The van der Waals surface area contributed by atoms with Gasteiger partial charge in [0, 0.05) is 41.4 Å². The molecule has 1 N–H and O–H groups in total. The van der Waals surface area contributed by atoms with Gasteiger partial charge in [-0.25, -0.2) is 5.43 Å². The molecule has 5 heteroatoms. The van der Waals surface area contributed by atoms with Crippen molar-refractivity contribution >= 4 is 17.8 Å². The molecule has 31 heavy (non-hydrogen) atoms. The van der Waals surface area contributed by atoms with Crippen molar-refractivity contribution in [3.8, 4) is 5.69 Å². The lowest BCUT2D eigenvalue weighted by atomic mass is 9.79. The fraction of sp³-hybridized carbons (Fsp3) is 0.308. The third-order valence-electron chi connectivity index (χ3n) is 6.14. The van der Waals surface area contributed by atoms with E-state index in [0.717, 1.165) is 24.2 Å². The van der Waals surface area contributed by atoms with Crippen LogP contribution in [0.25, 0.3) is 5.69 Å². The molecular weight excluding hydrogens is 384 g/mol. The Bertz CT molecular complexity index is 1080. The van der Waals surface area contributed by atoms with Crippen molar-refractivity contribution in [1.29, 1.82) is 0 Å². The lowest BCUT2D eigenvalue weighted by Gasteiger charge is -2.47. The summed E-state index contributed by atoms with van der Waals surface area (Å²) >= 11 is 0. The van der Waals surface area contributed by atoms with E-state index >= 15 is 0 Å². The number of hydrogen-bond donors (Lipinski definition) is 1. The second kappa shape index (κ2) is 8.42. The molecule has 0 fully saturated rings. The van der Waals surface area contributed by atoms with Crippen LogP contribution in [0.2, 0.25) is 0 Å². The Labute approximate surface area is 184 Å². The number of carbonyl (C=O) groups is 1. The Hall–Kier alpha value is -3.34. The first kappa shape index (κ1) is 20.9. The Morgan fingerprint density at radius 1 is 1.16 bits per heavy atom. The highest BCUT2D eigenvalue weighted by Gasteiger charge is 2.35. The predicted octanol–water partition coefficient (Wildman–Crippen LogP) is 5.35. The summed E-state index contributed by atoms with van der Waals surface area (Å²) in [6.07, 6.45) is 6.78. The highest BCUT2D eigenvalue weighted by molar-refractivity contribution is 5.95. The third-order valence-corrected chi connectivity index (χ3v) is 6.14. The molecule has 2 heterocycles. The second-order valence-corrected chi connectivity index (χ2v) is 8.82. The smallest absolute Gasteiger partial charge is 0.271 e. The Balaban J connectivity index is 1.45. The van der Waals surface area contributed by atoms with Gasteiger partial charge >= 0.3 is 0 Å².